The van der Waals surface area contributed by atoms with Gasteiger partial charge in [-0.25, -0.2) is 8.78 Å². The standard InChI is InChI=1S/C20H22F2N4O2/c21-15-6-7-17(18(22)14-15)20(28)24-23-19(27)8-9-25-10-12-26(13-11-25)16-4-2-1-3-5-16/h1-7,14H,8-13H2,(H,23,27)(H,24,28). The maximum atomic E-state index is 13.5. The maximum Gasteiger partial charge on any atom is 0.272 e. The number of hydrogen-bond acceptors (Lipinski definition) is 4. The van der Waals surface area contributed by atoms with Crippen LogP contribution in [0.3, 0.4) is 0 Å². The molecule has 1 aliphatic rings. The van der Waals surface area contributed by atoms with Gasteiger partial charge in [0.25, 0.3) is 5.91 Å². The fourth-order valence-corrected chi connectivity index (χ4v) is 3.06. The van der Waals surface area contributed by atoms with Gasteiger partial charge in [-0.2, -0.15) is 0 Å². The lowest BCUT2D eigenvalue weighted by Crippen LogP contribution is -2.48. The molecule has 3 rings (SSSR count). The van der Waals surface area contributed by atoms with Gasteiger partial charge in [0, 0.05) is 50.9 Å². The summed E-state index contributed by atoms with van der Waals surface area (Å²) in [6.45, 7) is 4.01. The molecule has 2 amide bonds. The lowest BCUT2D eigenvalue weighted by Gasteiger charge is -2.36. The number of anilines is 1. The van der Waals surface area contributed by atoms with Crippen molar-refractivity contribution in [2.24, 2.45) is 0 Å². The smallest absolute Gasteiger partial charge is 0.272 e. The molecule has 0 saturated carbocycles. The first-order valence-corrected chi connectivity index (χ1v) is 9.09. The number of benzene rings is 2. The zero-order valence-electron chi connectivity index (χ0n) is 15.3. The van der Waals surface area contributed by atoms with Crippen LogP contribution in [0.5, 0.6) is 0 Å². The molecule has 6 nitrogen and oxygen atoms in total. The lowest BCUT2D eigenvalue weighted by atomic mass is 10.2. The van der Waals surface area contributed by atoms with E-state index >= 15 is 0 Å². The molecule has 1 heterocycles. The van der Waals surface area contributed by atoms with E-state index in [1.54, 1.807) is 0 Å². The molecular weight excluding hydrogens is 366 g/mol. The summed E-state index contributed by atoms with van der Waals surface area (Å²) in [7, 11) is 0. The third kappa shape index (κ3) is 5.26. The molecule has 8 heteroatoms. The number of nitrogens with one attached hydrogen (secondary N) is 2. The number of para-hydroxylation sites is 1. The van der Waals surface area contributed by atoms with Crippen LogP contribution in [0.25, 0.3) is 0 Å². The third-order valence-electron chi connectivity index (χ3n) is 4.64. The summed E-state index contributed by atoms with van der Waals surface area (Å²) in [6, 6.07) is 12.8. The highest BCUT2D eigenvalue weighted by atomic mass is 19.1. The number of hydrazine groups is 1. The van der Waals surface area contributed by atoms with E-state index in [0.29, 0.717) is 12.6 Å². The number of halogens is 2. The molecule has 148 valence electrons. The molecule has 0 aliphatic carbocycles. The summed E-state index contributed by atoms with van der Waals surface area (Å²) in [5.74, 6) is -2.96. The van der Waals surface area contributed by atoms with E-state index in [4.69, 9.17) is 0 Å². The fraction of sp³-hybridized carbons (Fsp3) is 0.300. The Morgan fingerprint density at radius 3 is 2.32 bits per heavy atom. The Labute approximate surface area is 162 Å². The van der Waals surface area contributed by atoms with Gasteiger partial charge in [0.2, 0.25) is 5.91 Å². The molecular formula is C20H22F2N4O2. The monoisotopic (exact) mass is 388 g/mol. The minimum Gasteiger partial charge on any atom is -0.369 e. The van der Waals surface area contributed by atoms with Gasteiger partial charge in [-0.1, -0.05) is 18.2 Å². The number of nitrogens with zero attached hydrogens (tertiary/aromatic N) is 2. The van der Waals surface area contributed by atoms with E-state index in [9.17, 15) is 18.4 Å². The molecule has 2 aromatic carbocycles. The van der Waals surface area contributed by atoms with Crippen molar-refractivity contribution in [3.63, 3.8) is 0 Å². The van der Waals surface area contributed by atoms with Crippen molar-refractivity contribution < 1.29 is 18.4 Å². The van der Waals surface area contributed by atoms with Crippen LogP contribution in [0.1, 0.15) is 16.8 Å². The van der Waals surface area contributed by atoms with Gasteiger partial charge in [-0.3, -0.25) is 25.3 Å². The van der Waals surface area contributed by atoms with Crippen molar-refractivity contribution in [2.45, 2.75) is 6.42 Å². The predicted molar refractivity (Wildman–Crippen MR) is 102 cm³/mol. The lowest BCUT2D eigenvalue weighted by molar-refractivity contribution is -0.122. The molecule has 0 bridgehead atoms. The van der Waals surface area contributed by atoms with Crippen LogP contribution in [0.2, 0.25) is 0 Å². The Bertz CT molecular complexity index is 824. The Morgan fingerprint density at radius 2 is 1.64 bits per heavy atom. The Kier molecular flexibility index (Phi) is 6.54. The first-order chi connectivity index (χ1) is 13.5. The molecule has 0 atom stereocenters. The van der Waals surface area contributed by atoms with Gasteiger partial charge >= 0.3 is 0 Å². The van der Waals surface area contributed by atoms with Crippen molar-refractivity contribution in [2.75, 3.05) is 37.6 Å². The number of carbonyl (C=O) groups excluding carboxylic acids is 2. The second kappa shape index (κ2) is 9.27. The van der Waals surface area contributed by atoms with Crippen LogP contribution in [0.15, 0.2) is 48.5 Å². The van der Waals surface area contributed by atoms with Crippen molar-refractivity contribution >= 4 is 17.5 Å². The largest absolute Gasteiger partial charge is 0.369 e. The second-order valence-electron chi connectivity index (χ2n) is 6.54. The highest BCUT2D eigenvalue weighted by Crippen LogP contribution is 2.15. The van der Waals surface area contributed by atoms with E-state index in [-0.39, 0.29) is 17.9 Å². The summed E-state index contributed by atoms with van der Waals surface area (Å²) in [5.41, 5.74) is 5.26. The summed E-state index contributed by atoms with van der Waals surface area (Å²) in [6.07, 6.45) is 0.206. The van der Waals surface area contributed by atoms with Crippen LogP contribution < -0.4 is 15.8 Å². The van der Waals surface area contributed by atoms with Gasteiger partial charge in [-0.05, 0) is 24.3 Å². The Hall–Kier alpha value is -3.00. The number of amides is 2. The first kappa shape index (κ1) is 19.8. The maximum absolute atomic E-state index is 13.5. The number of rotatable bonds is 5. The van der Waals surface area contributed by atoms with Gasteiger partial charge < -0.3 is 4.90 Å². The normalized spacial score (nSPS) is 14.6. The summed E-state index contributed by atoms with van der Waals surface area (Å²) < 4.78 is 26.4. The Morgan fingerprint density at radius 1 is 0.929 bits per heavy atom. The van der Waals surface area contributed by atoms with Crippen LogP contribution in [0.4, 0.5) is 14.5 Å². The second-order valence-corrected chi connectivity index (χ2v) is 6.54. The minimum absolute atomic E-state index is 0.206. The number of carbonyl (C=O) groups is 2. The average Bonchev–Trinajstić information content (AvgIpc) is 2.71. The zero-order chi connectivity index (χ0) is 19.9. The summed E-state index contributed by atoms with van der Waals surface area (Å²) in [5, 5.41) is 0. The van der Waals surface area contributed by atoms with Gasteiger partial charge in [0.1, 0.15) is 11.6 Å². The fourth-order valence-electron chi connectivity index (χ4n) is 3.06. The van der Waals surface area contributed by atoms with Crippen LogP contribution >= 0.6 is 0 Å². The molecule has 28 heavy (non-hydrogen) atoms. The molecule has 0 unspecified atom stereocenters. The van der Waals surface area contributed by atoms with Crippen molar-refractivity contribution in [1.82, 2.24) is 15.8 Å². The van der Waals surface area contributed by atoms with E-state index in [0.717, 1.165) is 38.3 Å². The first-order valence-electron chi connectivity index (χ1n) is 9.09. The van der Waals surface area contributed by atoms with Gasteiger partial charge in [-0.15, -0.1) is 0 Å². The van der Waals surface area contributed by atoms with Gasteiger partial charge in [0.15, 0.2) is 0 Å². The van der Waals surface area contributed by atoms with E-state index in [1.165, 1.54) is 5.69 Å². The third-order valence-corrected chi connectivity index (χ3v) is 4.64. The van der Waals surface area contributed by atoms with Crippen LogP contribution in [0, 0.1) is 11.6 Å². The van der Waals surface area contributed by atoms with Crippen LogP contribution in [-0.2, 0) is 4.79 Å². The van der Waals surface area contributed by atoms with Crippen molar-refractivity contribution in [1.29, 1.82) is 0 Å². The predicted octanol–water partition coefficient (Wildman–Crippen LogP) is 1.94. The van der Waals surface area contributed by atoms with Crippen molar-refractivity contribution in [3.05, 3.63) is 65.7 Å². The molecule has 0 radical (unpaired) electrons. The van der Waals surface area contributed by atoms with Gasteiger partial charge in [0.05, 0.1) is 5.56 Å². The average molecular weight is 388 g/mol. The Balaban J connectivity index is 1.37. The minimum atomic E-state index is -0.983. The molecule has 1 saturated heterocycles. The van der Waals surface area contributed by atoms with Crippen LogP contribution in [-0.4, -0.2) is 49.4 Å². The molecule has 1 fully saturated rings. The number of hydrogen-bond donors (Lipinski definition) is 2. The molecule has 2 N–H and O–H groups in total. The summed E-state index contributed by atoms with van der Waals surface area (Å²) in [4.78, 5) is 28.3. The summed E-state index contributed by atoms with van der Waals surface area (Å²) >= 11 is 0. The van der Waals surface area contributed by atoms with Crippen molar-refractivity contribution in [3.8, 4) is 0 Å². The SMILES string of the molecule is O=C(CCN1CCN(c2ccccc2)CC1)NNC(=O)c1ccc(F)cc1F. The van der Waals surface area contributed by atoms with E-state index in [1.807, 2.05) is 18.2 Å². The van der Waals surface area contributed by atoms with E-state index < -0.39 is 17.5 Å². The van der Waals surface area contributed by atoms with E-state index in [2.05, 4.69) is 32.8 Å². The molecule has 0 aromatic heterocycles. The zero-order valence-corrected chi connectivity index (χ0v) is 15.3. The number of piperazine rings is 1. The highest BCUT2D eigenvalue weighted by Gasteiger charge is 2.18. The molecule has 1 aliphatic heterocycles. The molecule has 2 aromatic rings. The molecule has 0 spiro atoms. The quantitative estimate of drug-likeness (QED) is 0.769. The highest BCUT2D eigenvalue weighted by molar-refractivity contribution is 5.95. The topological polar surface area (TPSA) is 64.7 Å².